The van der Waals surface area contributed by atoms with Crippen molar-refractivity contribution >= 4 is 17.3 Å². The van der Waals surface area contributed by atoms with E-state index in [1.165, 1.54) is 6.07 Å². The van der Waals surface area contributed by atoms with Crippen LogP contribution in [0.1, 0.15) is 37.6 Å². The molecule has 0 heterocycles. The first-order chi connectivity index (χ1) is 7.35. The van der Waals surface area contributed by atoms with E-state index < -0.39 is 5.97 Å². The van der Waals surface area contributed by atoms with Crippen molar-refractivity contribution in [2.75, 3.05) is 11.1 Å². The molecule has 0 aliphatic rings. The molecular weight excluding hydrogens is 204 g/mol. The first-order valence-electron chi connectivity index (χ1n) is 5.27. The molecule has 0 saturated heterocycles. The van der Waals surface area contributed by atoms with Crippen LogP contribution in [-0.2, 0) is 0 Å². The first-order valence-corrected chi connectivity index (χ1v) is 5.27. The molecule has 0 spiro atoms. The quantitative estimate of drug-likeness (QED) is 0.684. The second kappa shape index (κ2) is 4.43. The van der Waals surface area contributed by atoms with Crippen molar-refractivity contribution in [1.82, 2.24) is 0 Å². The standard InChI is InChI=1S/C12H18N2O2/c1-4-12(2,3)14-10-7-8(11(15)16)5-6-9(10)13/h5-7,14H,4,13H2,1-3H3,(H,15,16). The number of hydrogen-bond acceptors (Lipinski definition) is 3. The van der Waals surface area contributed by atoms with Crippen LogP contribution in [-0.4, -0.2) is 16.6 Å². The molecule has 1 aromatic carbocycles. The second-order valence-electron chi connectivity index (χ2n) is 4.47. The van der Waals surface area contributed by atoms with Crippen LogP contribution < -0.4 is 11.1 Å². The molecule has 0 amide bonds. The van der Waals surface area contributed by atoms with Crippen LogP contribution in [0.3, 0.4) is 0 Å². The van der Waals surface area contributed by atoms with Gasteiger partial charge in [-0.25, -0.2) is 4.79 Å². The molecular formula is C12H18N2O2. The van der Waals surface area contributed by atoms with Crippen molar-refractivity contribution in [3.63, 3.8) is 0 Å². The van der Waals surface area contributed by atoms with E-state index in [1.807, 2.05) is 13.8 Å². The lowest BCUT2D eigenvalue weighted by Gasteiger charge is -2.27. The predicted octanol–water partition coefficient (Wildman–Crippen LogP) is 2.57. The Morgan fingerprint density at radius 3 is 2.62 bits per heavy atom. The van der Waals surface area contributed by atoms with Crippen molar-refractivity contribution in [2.45, 2.75) is 32.7 Å². The molecule has 0 aromatic heterocycles. The van der Waals surface area contributed by atoms with Crippen molar-refractivity contribution in [3.05, 3.63) is 23.8 Å². The van der Waals surface area contributed by atoms with Gasteiger partial charge in [0.05, 0.1) is 16.9 Å². The van der Waals surface area contributed by atoms with Crippen LogP contribution in [0, 0.1) is 0 Å². The van der Waals surface area contributed by atoms with Crippen LogP contribution in [0.25, 0.3) is 0 Å². The molecule has 0 unspecified atom stereocenters. The molecule has 0 aliphatic carbocycles. The van der Waals surface area contributed by atoms with Crippen LogP contribution in [0.4, 0.5) is 11.4 Å². The number of carboxylic acid groups (broad SMARTS) is 1. The fraction of sp³-hybridized carbons (Fsp3) is 0.417. The highest BCUT2D eigenvalue weighted by molar-refractivity contribution is 5.90. The van der Waals surface area contributed by atoms with E-state index in [2.05, 4.69) is 12.2 Å². The van der Waals surface area contributed by atoms with Gasteiger partial charge in [-0.2, -0.15) is 0 Å². The zero-order valence-electron chi connectivity index (χ0n) is 9.87. The molecule has 0 saturated carbocycles. The molecule has 4 N–H and O–H groups in total. The average molecular weight is 222 g/mol. The molecule has 88 valence electrons. The van der Waals surface area contributed by atoms with E-state index in [0.29, 0.717) is 11.4 Å². The number of carbonyl (C=O) groups is 1. The van der Waals surface area contributed by atoms with Gasteiger partial charge in [0.2, 0.25) is 0 Å². The van der Waals surface area contributed by atoms with Gasteiger partial charge in [0, 0.05) is 5.54 Å². The van der Waals surface area contributed by atoms with Gasteiger partial charge < -0.3 is 16.2 Å². The van der Waals surface area contributed by atoms with E-state index in [0.717, 1.165) is 6.42 Å². The van der Waals surface area contributed by atoms with E-state index >= 15 is 0 Å². The number of aromatic carboxylic acids is 1. The summed E-state index contributed by atoms with van der Waals surface area (Å²) in [4.78, 5) is 10.8. The Hall–Kier alpha value is -1.71. The highest BCUT2D eigenvalue weighted by Gasteiger charge is 2.16. The number of carboxylic acids is 1. The number of nitrogens with one attached hydrogen (secondary N) is 1. The Morgan fingerprint density at radius 1 is 1.50 bits per heavy atom. The highest BCUT2D eigenvalue weighted by Crippen LogP contribution is 2.25. The van der Waals surface area contributed by atoms with Crippen molar-refractivity contribution < 1.29 is 9.90 Å². The number of benzene rings is 1. The number of nitrogens with two attached hydrogens (primary N) is 1. The molecule has 0 aliphatic heterocycles. The normalized spacial score (nSPS) is 11.2. The summed E-state index contributed by atoms with van der Waals surface area (Å²) in [5.74, 6) is -0.947. The Kier molecular flexibility index (Phi) is 3.42. The summed E-state index contributed by atoms with van der Waals surface area (Å²) in [6.45, 7) is 6.14. The maximum Gasteiger partial charge on any atom is 0.335 e. The SMILES string of the molecule is CCC(C)(C)Nc1cc(C(=O)O)ccc1N. The molecule has 4 heteroatoms. The van der Waals surface area contributed by atoms with E-state index in [-0.39, 0.29) is 11.1 Å². The van der Waals surface area contributed by atoms with Gasteiger partial charge in [-0.15, -0.1) is 0 Å². The minimum atomic E-state index is -0.947. The first kappa shape index (κ1) is 12.4. The van der Waals surface area contributed by atoms with E-state index in [1.54, 1.807) is 12.1 Å². The summed E-state index contributed by atoms with van der Waals surface area (Å²) in [6.07, 6.45) is 0.920. The predicted molar refractivity (Wildman–Crippen MR) is 65.8 cm³/mol. The lowest BCUT2D eigenvalue weighted by Crippen LogP contribution is -2.30. The molecule has 1 rings (SSSR count). The summed E-state index contributed by atoms with van der Waals surface area (Å²) in [6, 6.07) is 4.67. The van der Waals surface area contributed by atoms with Crippen LogP contribution in [0.5, 0.6) is 0 Å². The summed E-state index contributed by atoms with van der Waals surface area (Å²) in [5.41, 5.74) is 7.16. The maximum absolute atomic E-state index is 10.8. The van der Waals surface area contributed by atoms with Gasteiger partial charge >= 0.3 is 5.97 Å². The Labute approximate surface area is 95.5 Å². The zero-order chi connectivity index (χ0) is 12.3. The molecule has 16 heavy (non-hydrogen) atoms. The molecule has 0 bridgehead atoms. The Morgan fingerprint density at radius 2 is 2.12 bits per heavy atom. The van der Waals surface area contributed by atoms with Crippen molar-refractivity contribution in [3.8, 4) is 0 Å². The van der Waals surface area contributed by atoms with E-state index in [4.69, 9.17) is 10.8 Å². The highest BCUT2D eigenvalue weighted by atomic mass is 16.4. The van der Waals surface area contributed by atoms with Gasteiger partial charge in [-0.1, -0.05) is 6.92 Å². The van der Waals surface area contributed by atoms with Crippen LogP contribution in [0.15, 0.2) is 18.2 Å². The fourth-order valence-electron chi connectivity index (χ4n) is 1.25. The van der Waals surface area contributed by atoms with Gasteiger partial charge in [0.1, 0.15) is 0 Å². The lowest BCUT2D eigenvalue weighted by molar-refractivity contribution is 0.0697. The molecule has 1 aromatic rings. The summed E-state index contributed by atoms with van der Waals surface area (Å²) in [7, 11) is 0. The van der Waals surface area contributed by atoms with Crippen LogP contribution in [0.2, 0.25) is 0 Å². The number of hydrogen-bond donors (Lipinski definition) is 3. The van der Waals surface area contributed by atoms with E-state index in [9.17, 15) is 4.79 Å². The monoisotopic (exact) mass is 222 g/mol. The molecule has 4 nitrogen and oxygen atoms in total. The molecule has 0 fully saturated rings. The van der Waals surface area contributed by atoms with Gasteiger partial charge in [-0.3, -0.25) is 0 Å². The zero-order valence-corrected chi connectivity index (χ0v) is 9.87. The topological polar surface area (TPSA) is 75.3 Å². The van der Waals surface area contributed by atoms with Gasteiger partial charge in [0.25, 0.3) is 0 Å². The number of nitrogen functional groups attached to an aromatic ring is 1. The summed E-state index contributed by atoms with van der Waals surface area (Å²) < 4.78 is 0. The number of rotatable bonds is 4. The van der Waals surface area contributed by atoms with Crippen molar-refractivity contribution in [2.24, 2.45) is 0 Å². The summed E-state index contributed by atoms with van der Waals surface area (Å²) >= 11 is 0. The largest absolute Gasteiger partial charge is 0.478 e. The third kappa shape index (κ3) is 2.89. The lowest BCUT2D eigenvalue weighted by atomic mass is 10.0. The van der Waals surface area contributed by atoms with Crippen LogP contribution >= 0.6 is 0 Å². The van der Waals surface area contributed by atoms with Gasteiger partial charge in [-0.05, 0) is 38.5 Å². The minimum Gasteiger partial charge on any atom is -0.478 e. The number of anilines is 2. The maximum atomic E-state index is 10.8. The molecule has 0 radical (unpaired) electrons. The fourth-order valence-corrected chi connectivity index (χ4v) is 1.25. The third-order valence-corrected chi connectivity index (χ3v) is 2.66. The Bertz CT molecular complexity index is 400. The Balaban J connectivity index is 3.03. The third-order valence-electron chi connectivity index (χ3n) is 2.66. The average Bonchev–Trinajstić information content (AvgIpc) is 2.21. The molecule has 0 atom stereocenters. The van der Waals surface area contributed by atoms with Crippen molar-refractivity contribution in [1.29, 1.82) is 0 Å². The smallest absolute Gasteiger partial charge is 0.335 e. The second-order valence-corrected chi connectivity index (χ2v) is 4.47. The minimum absolute atomic E-state index is 0.106. The summed E-state index contributed by atoms with van der Waals surface area (Å²) in [5, 5.41) is 12.1. The van der Waals surface area contributed by atoms with Gasteiger partial charge in [0.15, 0.2) is 0 Å².